The van der Waals surface area contributed by atoms with Crippen LogP contribution >= 0.6 is 11.3 Å². The molecule has 0 amide bonds. The Kier molecular flexibility index (Phi) is 8.17. The first-order valence-electron chi connectivity index (χ1n) is 23.3. The van der Waals surface area contributed by atoms with Gasteiger partial charge in [-0.1, -0.05) is 170 Å². The number of hydrogen-bond donors (Lipinski definition) is 0. The summed E-state index contributed by atoms with van der Waals surface area (Å²) in [6.45, 7) is 0. The van der Waals surface area contributed by atoms with E-state index in [2.05, 4.69) is 193 Å². The second kappa shape index (κ2) is 14.8. The molecule has 320 valence electrons. The highest BCUT2D eigenvalue weighted by Gasteiger charge is 2.22. The molecule has 4 aromatic heterocycles. The summed E-state index contributed by atoms with van der Waals surface area (Å²) >= 11 is 1.86. The second-order valence-electron chi connectivity index (χ2n) is 17.8. The quantitative estimate of drug-likeness (QED) is 0.162. The number of thiophene rings is 1. The van der Waals surface area contributed by atoms with Crippen LogP contribution in [0.3, 0.4) is 0 Å². The minimum atomic E-state index is 0.588. The first kappa shape index (κ1) is 38.2. The van der Waals surface area contributed by atoms with Crippen LogP contribution in [0, 0.1) is 0 Å². The first-order chi connectivity index (χ1) is 34.2. The molecule has 0 aliphatic heterocycles. The van der Waals surface area contributed by atoms with Crippen molar-refractivity contribution in [2.45, 2.75) is 0 Å². The van der Waals surface area contributed by atoms with Crippen LogP contribution in [-0.2, 0) is 0 Å². The molecule has 0 saturated heterocycles. The normalized spacial score (nSPS) is 12.1. The van der Waals surface area contributed by atoms with E-state index in [1.807, 2.05) is 41.7 Å². The molecule has 0 N–H and O–H groups in total. The topological polar surface area (TPSA) is 56.7 Å². The summed E-state index contributed by atoms with van der Waals surface area (Å²) in [4.78, 5) is 15.8. The van der Waals surface area contributed by atoms with E-state index in [4.69, 9.17) is 19.4 Å². The minimum absolute atomic E-state index is 0.588. The van der Waals surface area contributed by atoms with Gasteiger partial charge in [-0.2, -0.15) is 0 Å². The standard InChI is InChI=1S/C63H36N4OS/c1-2-15-37(16-3-1)61-64-62(39-31-33-45-43-19-5-4-17-41(43)42-18-6-7-20-44(42)50(45)36-39)66-63(65-61)49-25-13-29-56-58(49)51-35-38(32-34-55(51)68-56)40-23-14-30-57-59(40)48-24-12-28-54(60(48)69-57)67-52-26-10-8-21-46(52)47-22-9-11-27-53(47)67/h1-36H. The fourth-order valence-electron chi connectivity index (χ4n) is 11.0. The molecule has 15 aromatic rings. The fraction of sp³-hybridized carbons (Fsp3) is 0. The van der Waals surface area contributed by atoms with Crippen LogP contribution in [0.25, 0.3) is 147 Å². The van der Waals surface area contributed by atoms with Crippen molar-refractivity contribution < 1.29 is 4.42 Å². The van der Waals surface area contributed by atoms with E-state index >= 15 is 0 Å². The molecular formula is C63H36N4OS. The van der Waals surface area contributed by atoms with Crippen molar-refractivity contribution in [3.05, 3.63) is 218 Å². The van der Waals surface area contributed by atoms with Crippen LogP contribution in [0.15, 0.2) is 223 Å². The summed E-state index contributed by atoms with van der Waals surface area (Å²) in [6, 6.07) is 77.8. The molecule has 0 radical (unpaired) electrons. The Bertz CT molecular complexity index is 4530. The molecule has 15 rings (SSSR count). The van der Waals surface area contributed by atoms with Gasteiger partial charge in [0.2, 0.25) is 0 Å². The highest BCUT2D eigenvalue weighted by molar-refractivity contribution is 7.26. The summed E-state index contributed by atoms with van der Waals surface area (Å²) in [5, 5.41) is 14.2. The maximum absolute atomic E-state index is 6.66. The van der Waals surface area contributed by atoms with Crippen LogP contribution in [0.4, 0.5) is 0 Å². The van der Waals surface area contributed by atoms with Gasteiger partial charge in [0.1, 0.15) is 11.2 Å². The number of aromatic nitrogens is 4. The van der Waals surface area contributed by atoms with Gasteiger partial charge >= 0.3 is 0 Å². The van der Waals surface area contributed by atoms with Crippen molar-refractivity contribution in [1.82, 2.24) is 19.5 Å². The average Bonchev–Trinajstić information content (AvgIpc) is 4.11. The molecule has 0 unspecified atom stereocenters. The largest absolute Gasteiger partial charge is 0.456 e. The van der Waals surface area contributed by atoms with Crippen molar-refractivity contribution in [3.8, 4) is 51.0 Å². The number of nitrogens with zero attached hydrogens (tertiary/aromatic N) is 4. The summed E-state index contributed by atoms with van der Waals surface area (Å²) in [6.07, 6.45) is 0. The minimum Gasteiger partial charge on any atom is -0.456 e. The molecule has 4 heterocycles. The Morgan fingerprint density at radius 2 is 0.884 bits per heavy atom. The summed E-state index contributed by atoms with van der Waals surface area (Å²) < 4.78 is 11.6. The molecule has 0 aliphatic carbocycles. The van der Waals surface area contributed by atoms with Gasteiger partial charge < -0.3 is 8.98 Å². The molecule has 6 heteroatoms. The molecule has 5 nitrogen and oxygen atoms in total. The van der Waals surface area contributed by atoms with Gasteiger partial charge in [-0.25, -0.2) is 15.0 Å². The lowest BCUT2D eigenvalue weighted by molar-refractivity contribution is 0.669. The maximum Gasteiger partial charge on any atom is 0.164 e. The van der Waals surface area contributed by atoms with Gasteiger partial charge in [-0.05, 0) is 92.0 Å². The number of benzene rings is 11. The molecule has 0 spiro atoms. The van der Waals surface area contributed by atoms with Crippen LogP contribution in [-0.4, -0.2) is 19.5 Å². The van der Waals surface area contributed by atoms with E-state index in [9.17, 15) is 0 Å². The van der Waals surface area contributed by atoms with Crippen molar-refractivity contribution in [3.63, 3.8) is 0 Å². The molecule has 0 atom stereocenters. The zero-order chi connectivity index (χ0) is 45.2. The Labute approximate surface area is 398 Å². The zero-order valence-corrected chi connectivity index (χ0v) is 37.7. The Morgan fingerprint density at radius 3 is 1.62 bits per heavy atom. The van der Waals surface area contributed by atoms with Crippen LogP contribution in [0.5, 0.6) is 0 Å². The van der Waals surface area contributed by atoms with E-state index in [0.717, 1.165) is 49.6 Å². The van der Waals surface area contributed by atoms with Crippen LogP contribution < -0.4 is 0 Å². The predicted molar refractivity (Wildman–Crippen MR) is 289 cm³/mol. The molecule has 0 bridgehead atoms. The number of para-hydroxylation sites is 2. The van der Waals surface area contributed by atoms with Gasteiger partial charge in [-0.3, -0.25) is 0 Å². The van der Waals surface area contributed by atoms with E-state index in [0.29, 0.717) is 17.5 Å². The monoisotopic (exact) mass is 896 g/mol. The molecule has 0 aliphatic rings. The third-order valence-corrected chi connectivity index (χ3v) is 15.2. The van der Waals surface area contributed by atoms with Gasteiger partial charge in [0.05, 0.1) is 21.4 Å². The second-order valence-corrected chi connectivity index (χ2v) is 18.9. The van der Waals surface area contributed by atoms with Crippen molar-refractivity contribution in [1.29, 1.82) is 0 Å². The number of hydrogen-bond acceptors (Lipinski definition) is 5. The molecular weight excluding hydrogens is 861 g/mol. The molecule has 11 aromatic carbocycles. The summed E-state index contributed by atoms with van der Waals surface area (Å²) in [7, 11) is 0. The smallest absolute Gasteiger partial charge is 0.164 e. The Morgan fingerprint density at radius 1 is 0.333 bits per heavy atom. The SMILES string of the molecule is c1ccc(-c2nc(-c3ccc4c5ccccc5c5ccccc5c4c3)nc(-c3cccc4oc5ccc(-c6cccc7sc8c(-n9c%10ccccc%10c%10ccccc%109)cccc8c67)cc5c34)n2)cc1. The average molecular weight is 897 g/mol. The summed E-state index contributed by atoms with van der Waals surface area (Å²) in [5.41, 5.74) is 10.2. The maximum atomic E-state index is 6.66. The predicted octanol–water partition coefficient (Wildman–Crippen LogP) is 17.4. The van der Waals surface area contributed by atoms with Gasteiger partial charge in [0.25, 0.3) is 0 Å². The Hall–Kier alpha value is -8.97. The van der Waals surface area contributed by atoms with Crippen LogP contribution in [0.1, 0.15) is 0 Å². The Balaban J connectivity index is 0.920. The van der Waals surface area contributed by atoms with Gasteiger partial charge in [-0.15, -0.1) is 11.3 Å². The van der Waals surface area contributed by atoms with E-state index in [1.165, 1.54) is 80.2 Å². The lowest BCUT2D eigenvalue weighted by Crippen LogP contribution is -2.00. The number of rotatable bonds is 5. The van der Waals surface area contributed by atoms with E-state index in [1.54, 1.807) is 0 Å². The molecule has 69 heavy (non-hydrogen) atoms. The lowest BCUT2D eigenvalue weighted by Gasteiger charge is -2.13. The van der Waals surface area contributed by atoms with Crippen molar-refractivity contribution in [2.75, 3.05) is 0 Å². The van der Waals surface area contributed by atoms with E-state index < -0.39 is 0 Å². The highest BCUT2D eigenvalue weighted by atomic mass is 32.1. The van der Waals surface area contributed by atoms with Crippen molar-refractivity contribution in [2.24, 2.45) is 0 Å². The zero-order valence-electron chi connectivity index (χ0n) is 36.9. The van der Waals surface area contributed by atoms with Crippen molar-refractivity contribution >= 4 is 108 Å². The molecule has 0 saturated carbocycles. The van der Waals surface area contributed by atoms with Crippen LogP contribution in [0.2, 0.25) is 0 Å². The fourth-order valence-corrected chi connectivity index (χ4v) is 12.2. The highest BCUT2D eigenvalue weighted by Crippen LogP contribution is 2.46. The molecule has 0 fully saturated rings. The van der Waals surface area contributed by atoms with Gasteiger partial charge in [0, 0.05) is 53.7 Å². The first-order valence-corrected chi connectivity index (χ1v) is 24.1. The third-order valence-electron chi connectivity index (χ3n) is 14.0. The summed E-state index contributed by atoms with van der Waals surface area (Å²) in [5.74, 6) is 1.81. The van der Waals surface area contributed by atoms with Gasteiger partial charge in [0.15, 0.2) is 17.5 Å². The number of fused-ring (bicyclic) bond motifs is 15. The lowest BCUT2D eigenvalue weighted by atomic mass is 9.93. The third kappa shape index (κ3) is 5.73. The number of furan rings is 1. The van der Waals surface area contributed by atoms with E-state index in [-0.39, 0.29) is 0 Å².